The van der Waals surface area contributed by atoms with Crippen molar-refractivity contribution in [2.24, 2.45) is 0 Å². The zero-order valence-corrected chi connectivity index (χ0v) is 10.9. The molecule has 1 unspecified atom stereocenters. The minimum atomic E-state index is -0.433. The zero-order chi connectivity index (χ0) is 12.9. The van der Waals surface area contributed by atoms with Crippen molar-refractivity contribution in [1.82, 2.24) is 0 Å². The third-order valence-electron chi connectivity index (χ3n) is 2.25. The first kappa shape index (κ1) is 13.5. The number of benzene rings is 1. The van der Waals surface area contributed by atoms with Crippen molar-refractivity contribution in [3.63, 3.8) is 0 Å². The highest BCUT2D eigenvalue weighted by Gasteiger charge is 2.14. The van der Waals surface area contributed by atoms with Gasteiger partial charge in [-0.2, -0.15) is 0 Å². The van der Waals surface area contributed by atoms with E-state index in [0.717, 1.165) is 0 Å². The van der Waals surface area contributed by atoms with Crippen LogP contribution in [-0.4, -0.2) is 11.6 Å². The summed E-state index contributed by atoms with van der Waals surface area (Å²) in [5.74, 6) is -0.0796. The first-order valence-electron chi connectivity index (χ1n) is 5.84. The molecule has 1 aromatic carbocycles. The van der Waals surface area contributed by atoms with E-state index < -0.39 is 5.60 Å². The maximum atomic E-state index is 11.5. The lowest BCUT2D eigenvalue weighted by Gasteiger charge is -2.18. The summed E-state index contributed by atoms with van der Waals surface area (Å²) in [6.45, 7) is 7.63. The van der Waals surface area contributed by atoms with Crippen molar-refractivity contribution in [2.45, 2.75) is 39.2 Å². The quantitative estimate of drug-likeness (QED) is 0.587. The van der Waals surface area contributed by atoms with Crippen LogP contribution in [0.1, 0.15) is 39.2 Å². The van der Waals surface area contributed by atoms with Gasteiger partial charge in [-0.05, 0) is 32.3 Å². The van der Waals surface area contributed by atoms with Crippen LogP contribution in [0, 0.1) is 0 Å². The minimum absolute atomic E-state index is 0.212. The Hall–Kier alpha value is -1.57. The van der Waals surface area contributed by atoms with Gasteiger partial charge < -0.3 is 4.74 Å². The van der Waals surface area contributed by atoms with Crippen LogP contribution in [0.25, 0.3) is 0 Å². The number of carbonyl (C=O) groups excluding carboxylic acids is 1. The fourth-order valence-corrected chi connectivity index (χ4v) is 1.43. The van der Waals surface area contributed by atoms with Gasteiger partial charge in [0.15, 0.2) is 0 Å². The van der Waals surface area contributed by atoms with E-state index in [4.69, 9.17) is 4.74 Å². The summed E-state index contributed by atoms with van der Waals surface area (Å²) < 4.78 is 5.20. The van der Waals surface area contributed by atoms with Crippen molar-refractivity contribution >= 4 is 5.97 Å². The topological polar surface area (TPSA) is 26.3 Å². The van der Waals surface area contributed by atoms with Crippen LogP contribution in [0.5, 0.6) is 0 Å². The first-order chi connectivity index (χ1) is 7.88. The van der Waals surface area contributed by atoms with Crippen LogP contribution >= 0.6 is 0 Å². The fourth-order valence-electron chi connectivity index (χ4n) is 1.43. The van der Waals surface area contributed by atoms with Crippen molar-refractivity contribution in [3.05, 3.63) is 48.0 Å². The van der Waals surface area contributed by atoms with E-state index in [2.05, 4.69) is 6.92 Å². The molecular formula is C15H20O2. The number of esters is 1. The number of rotatable bonds is 3. The Kier molecular flexibility index (Phi) is 4.50. The number of carbonyl (C=O) groups is 1. The average Bonchev–Trinajstić information content (AvgIpc) is 2.25. The highest BCUT2D eigenvalue weighted by molar-refractivity contribution is 5.82. The highest BCUT2D eigenvalue weighted by atomic mass is 16.6. The lowest BCUT2D eigenvalue weighted by Crippen LogP contribution is -2.22. The summed E-state index contributed by atoms with van der Waals surface area (Å²) in [6.07, 6.45) is 3.37. The van der Waals surface area contributed by atoms with Gasteiger partial charge in [0, 0.05) is 6.08 Å². The third-order valence-corrected chi connectivity index (χ3v) is 2.25. The smallest absolute Gasteiger partial charge is 0.330 e. The van der Waals surface area contributed by atoms with Crippen molar-refractivity contribution in [3.8, 4) is 0 Å². The third kappa shape index (κ3) is 5.34. The van der Waals surface area contributed by atoms with E-state index in [-0.39, 0.29) is 11.9 Å². The molecule has 0 aliphatic heterocycles. The van der Waals surface area contributed by atoms with E-state index >= 15 is 0 Å². The van der Waals surface area contributed by atoms with Crippen LogP contribution in [0.15, 0.2) is 42.5 Å². The Labute approximate surface area is 103 Å². The predicted molar refractivity (Wildman–Crippen MR) is 69.8 cm³/mol. The minimum Gasteiger partial charge on any atom is -0.457 e. The molecule has 1 aromatic rings. The monoisotopic (exact) mass is 232 g/mol. The Morgan fingerprint density at radius 2 is 1.82 bits per heavy atom. The highest BCUT2D eigenvalue weighted by Crippen LogP contribution is 2.16. The molecule has 1 atom stereocenters. The molecule has 1 rings (SSSR count). The van der Waals surface area contributed by atoms with E-state index in [0.29, 0.717) is 0 Å². The maximum Gasteiger partial charge on any atom is 0.330 e. The van der Waals surface area contributed by atoms with Gasteiger partial charge in [0.2, 0.25) is 0 Å². The van der Waals surface area contributed by atoms with Gasteiger partial charge in [0.25, 0.3) is 0 Å². The van der Waals surface area contributed by atoms with Gasteiger partial charge in [-0.25, -0.2) is 4.79 Å². The molecule has 0 heterocycles. The van der Waals surface area contributed by atoms with Gasteiger partial charge in [-0.15, -0.1) is 0 Å². The van der Waals surface area contributed by atoms with Crippen molar-refractivity contribution in [2.75, 3.05) is 0 Å². The second kappa shape index (κ2) is 5.67. The molecule has 0 aromatic heterocycles. The van der Waals surface area contributed by atoms with Gasteiger partial charge in [0.1, 0.15) is 5.60 Å². The predicted octanol–water partition coefficient (Wildman–Crippen LogP) is 3.69. The number of allylic oxidation sites excluding steroid dienone is 1. The molecule has 0 spiro atoms. The molecule has 92 valence electrons. The molecule has 0 bridgehead atoms. The van der Waals surface area contributed by atoms with Gasteiger partial charge in [0.05, 0.1) is 0 Å². The van der Waals surface area contributed by atoms with E-state index in [1.54, 1.807) is 0 Å². The lowest BCUT2D eigenvalue weighted by atomic mass is 10.0. The zero-order valence-electron chi connectivity index (χ0n) is 10.9. The van der Waals surface area contributed by atoms with Gasteiger partial charge in [-0.1, -0.05) is 43.3 Å². The Morgan fingerprint density at radius 1 is 1.24 bits per heavy atom. The van der Waals surface area contributed by atoms with Crippen LogP contribution in [-0.2, 0) is 9.53 Å². The van der Waals surface area contributed by atoms with E-state index in [9.17, 15) is 4.79 Å². The van der Waals surface area contributed by atoms with Crippen LogP contribution in [0.2, 0.25) is 0 Å². The number of hydrogen-bond acceptors (Lipinski definition) is 2. The summed E-state index contributed by atoms with van der Waals surface area (Å²) in [4.78, 5) is 11.5. The molecule has 0 N–H and O–H groups in total. The van der Waals surface area contributed by atoms with Crippen LogP contribution in [0.4, 0.5) is 0 Å². The molecule has 0 saturated heterocycles. The summed E-state index contributed by atoms with van der Waals surface area (Å²) in [7, 11) is 0. The normalized spacial score (nSPS) is 13.6. The molecule has 17 heavy (non-hydrogen) atoms. The second-order valence-corrected chi connectivity index (χ2v) is 5.09. The standard InChI is InChI=1S/C15H20O2/c1-12(13-8-6-5-7-9-13)10-11-14(16)17-15(2,3)4/h5-12H,1-4H3/b11-10+. The van der Waals surface area contributed by atoms with Crippen LogP contribution < -0.4 is 0 Å². The summed E-state index contributed by atoms with van der Waals surface area (Å²) >= 11 is 0. The molecule has 0 aliphatic carbocycles. The Bertz CT molecular complexity index is 385. The maximum absolute atomic E-state index is 11.5. The van der Waals surface area contributed by atoms with Gasteiger partial charge >= 0.3 is 5.97 Å². The molecule has 0 fully saturated rings. The number of ether oxygens (including phenoxy) is 1. The second-order valence-electron chi connectivity index (χ2n) is 5.09. The molecule has 0 radical (unpaired) electrons. The van der Waals surface area contributed by atoms with Crippen molar-refractivity contribution in [1.29, 1.82) is 0 Å². The largest absolute Gasteiger partial charge is 0.457 e. The van der Waals surface area contributed by atoms with Gasteiger partial charge in [-0.3, -0.25) is 0 Å². The average molecular weight is 232 g/mol. The van der Waals surface area contributed by atoms with E-state index in [1.807, 2.05) is 57.2 Å². The molecule has 2 heteroatoms. The molecule has 0 amide bonds. The molecule has 0 saturated carbocycles. The molecule has 2 nitrogen and oxygen atoms in total. The van der Waals surface area contributed by atoms with Crippen LogP contribution in [0.3, 0.4) is 0 Å². The SMILES string of the molecule is CC(/C=C/C(=O)OC(C)(C)C)c1ccccc1. The lowest BCUT2D eigenvalue weighted by molar-refractivity contribution is -0.148. The molecule has 0 aliphatic rings. The summed E-state index contributed by atoms with van der Waals surface area (Å²) in [6, 6.07) is 10.1. The summed E-state index contributed by atoms with van der Waals surface area (Å²) in [5.41, 5.74) is 0.754. The Balaban J connectivity index is 2.57. The van der Waals surface area contributed by atoms with Crippen molar-refractivity contribution < 1.29 is 9.53 Å². The Morgan fingerprint density at radius 3 is 2.35 bits per heavy atom. The van der Waals surface area contributed by atoms with E-state index in [1.165, 1.54) is 11.6 Å². The number of hydrogen-bond donors (Lipinski definition) is 0. The summed E-state index contributed by atoms with van der Waals surface area (Å²) in [5, 5.41) is 0. The molecular weight excluding hydrogens is 212 g/mol. The fraction of sp³-hybridized carbons (Fsp3) is 0.400. The first-order valence-corrected chi connectivity index (χ1v) is 5.84.